The summed E-state index contributed by atoms with van der Waals surface area (Å²) in [6, 6.07) is 6.74. The lowest BCUT2D eigenvalue weighted by molar-refractivity contribution is 0.522. The summed E-state index contributed by atoms with van der Waals surface area (Å²) >= 11 is 1.72. The summed E-state index contributed by atoms with van der Waals surface area (Å²) in [5.74, 6) is 0.911. The highest BCUT2D eigenvalue weighted by molar-refractivity contribution is 7.99. The van der Waals surface area contributed by atoms with Crippen LogP contribution in [0.1, 0.15) is 31.5 Å². The third-order valence-corrected chi connectivity index (χ3v) is 3.37. The molecule has 1 rings (SSSR count). The van der Waals surface area contributed by atoms with Gasteiger partial charge in [0.1, 0.15) is 0 Å². The van der Waals surface area contributed by atoms with Gasteiger partial charge in [-0.3, -0.25) is 5.32 Å². The van der Waals surface area contributed by atoms with E-state index in [4.69, 9.17) is 5.26 Å². The van der Waals surface area contributed by atoms with Crippen LogP contribution in [-0.4, -0.2) is 22.8 Å². The Morgan fingerprint density at radius 2 is 2.11 bits per heavy atom. The zero-order valence-electron chi connectivity index (χ0n) is 11.5. The molecule has 0 aliphatic rings. The van der Waals surface area contributed by atoms with Crippen LogP contribution in [0.15, 0.2) is 17.2 Å². The molecule has 0 bridgehead atoms. The van der Waals surface area contributed by atoms with Gasteiger partial charge in [0.05, 0.1) is 17.1 Å². The van der Waals surface area contributed by atoms with E-state index in [9.17, 15) is 0 Å². The first kappa shape index (κ1) is 15.0. The zero-order valence-corrected chi connectivity index (χ0v) is 12.3. The third-order valence-electron chi connectivity index (χ3n) is 2.42. The van der Waals surface area contributed by atoms with E-state index in [2.05, 4.69) is 49.3 Å². The van der Waals surface area contributed by atoms with E-state index in [1.807, 2.05) is 6.92 Å². The summed E-state index contributed by atoms with van der Waals surface area (Å²) in [7, 11) is 0. The van der Waals surface area contributed by atoms with Gasteiger partial charge in [0.2, 0.25) is 0 Å². The Morgan fingerprint density at radius 3 is 2.67 bits per heavy atom. The Morgan fingerprint density at radius 1 is 1.39 bits per heavy atom. The van der Waals surface area contributed by atoms with Gasteiger partial charge in [-0.25, -0.2) is 4.98 Å². The fourth-order valence-electron chi connectivity index (χ4n) is 1.75. The summed E-state index contributed by atoms with van der Waals surface area (Å²) in [4.78, 5) is 4.48. The second-order valence-electron chi connectivity index (χ2n) is 4.76. The molecule has 1 aromatic rings. The monoisotopic (exact) mass is 263 g/mol. The molecule has 3 nitrogen and oxygen atoms in total. The molecule has 1 aromatic heterocycles. The number of aromatic nitrogens is 1. The smallest absolute Gasteiger partial charge is 0.0965 e. The van der Waals surface area contributed by atoms with Crippen LogP contribution in [0.3, 0.4) is 0 Å². The van der Waals surface area contributed by atoms with Crippen molar-refractivity contribution in [2.45, 2.75) is 51.2 Å². The maximum absolute atomic E-state index is 9.02. The van der Waals surface area contributed by atoms with Gasteiger partial charge in [0, 0.05) is 17.5 Å². The van der Waals surface area contributed by atoms with E-state index < -0.39 is 0 Å². The summed E-state index contributed by atoms with van der Waals surface area (Å²) in [5.41, 5.74) is 2.29. The minimum Gasteiger partial charge on any atom is -0.300 e. The largest absolute Gasteiger partial charge is 0.300 e. The second-order valence-corrected chi connectivity index (χ2v) is 5.88. The van der Waals surface area contributed by atoms with E-state index in [1.54, 1.807) is 11.8 Å². The van der Waals surface area contributed by atoms with Gasteiger partial charge in [-0.1, -0.05) is 0 Å². The van der Waals surface area contributed by atoms with Gasteiger partial charge in [-0.2, -0.15) is 5.26 Å². The number of nitriles is 1. The lowest BCUT2D eigenvalue weighted by Gasteiger charge is -2.14. The standard InChI is InChI=1S/C14H21N3S/c1-10(2)16-13(9-15)5-6-18-14-8-11(3)7-12(4)17-14/h7-8,10,13,16H,5-6H2,1-4H3. The first-order chi connectivity index (χ1) is 8.51. The summed E-state index contributed by atoms with van der Waals surface area (Å²) in [6.07, 6.45) is 0.841. The lowest BCUT2D eigenvalue weighted by atomic mass is 10.2. The molecule has 0 aliphatic carbocycles. The first-order valence-corrected chi connectivity index (χ1v) is 7.23. The van der Waals surface area contributed by atoms with Crippen LogP contribution in [-0.2, 0) is 0 Å². The van der Waals surface area contributed by atoms with E-state index >= 15 is 0 Å². The Labute approximate surface area is 114 Å². The number of pyridine rings is 1. The average Bonchev–Trinajstić information content (AvgIpc) is 2.25. The average molecular weight is 263 g/mol. The molecule has 0 spiro atoms. The van der Waals surface area contributed by atoms with Crippen LogP contribution >= 0.6 is 11.8 Å². The molecule has 1 heterocycles. The second kappa shape index (κ2) is 7.40. The van der Waals surface area contributed by atoms with Crippen molar-refractivity contribution in [1.29, 1.82) is 5.26 Å². The van der Waals surface area contributed by atoms with Crippen LogP contribution in [0.4, 0.5) is 0 Å². The van der Waals surface area contributed by atoms with Crippen LogP contribution in [0.2, 0.25) is 0 Å². The molecule has 1 N–H and O–H groups in total. The van der Waals surface area contributed by atoms with Crippen molar-refractivity contribution in [3.63, 3.8) is 0 Å². The SMILES string of the molecule is Cc1cc(C)nc(SCCC(C#N)NC(C)C)c1. The number of nitrogens with one attached hydrogen (secondary N) is 1. The van der Waals surface area contributed by atoms with Crippen molar-refractivity contribution in [1.82, 2.24) is 10.3 Å². The number of nitrogens with zero attached hydrogens (tertiary/aromatic N) is 2. The molecule has 0 fully saturated rings. The maximum atomic E-state index is 9.02. The molecule has 98 valence electrons. The van der Waals surface area contributed by atoms with Gasteiger partial charge in [-0.15, -0.1) is 11.8 Å². The van der Waals surface area contributed by atoms with Crippen LogP contribution in [0.5, 0.6) is 0 Å². The number of rotatable bonds is 6. The highest BCUT2D eigenvalue weighted by atomic mass is 32.2. The Balaban J connectivity index is 2.43. The number of hydrogen-bond donors (Lipinski definition) is 1. The highest BCUT2D eigenvalue weighted by Gasteiger charge is 2.08. The summed E-state index contributed by atoms with van der Waals surface area (Å²) in [6.45, 7) is 8.21. The van der Waals surface area contributed by atoms with Crippen LogP contribution in [0.25, 0.3) is 0 Å². The van der Waals surface area contributed by atoms with Crippen LogP contribution < -0.4 is 5.32 Å². The minimum atomic E-state index is -0.0663. The molecular weight excluding hydrogens is 242 g/mol. The van der Waals surface area contributed by atoms with Gasteiger partial charge >= 0.3 is 0 Å². The Bertz CT molecular complexity index is 403. The molecule has 0 saturated heterocycles. The first-order valence-electron chi connectivity index (χ1n) is 6.25. The summed E-state index contributed by atoms with van der Waals surface area (Å²) < 4.78 is 0. The van der Waals surface area contributed by atoms with E-state index in [0.717, 1.165) is 22.9 Å². The molecule has 4 heteroatoms. The van der Waals surface area contributed by atoms with Gasteiger partial charge in [0.25, 0.3) is 0 Å². The quantitative estimate of drug-likeness (QED) is 0.801. The van der Waals surface area contributed by atoms with Crippen LogP contribution in [0, 0.1) is 25.2 Å². The van der Waals surface area contributed by atoms with Gasteiger partial charge < -0.3 is 0 Å². The highest BCUT2D eigenvalue weighted by Crippen LogP contribution is 2.19. The van der Waals surface area contributed by atoms with E-state index in [0.29, 0.717) is 6.04 Å². The van der Waals surface area contributed by atoms with E-state index in [1.165, 1.54) is 5.56 Å². The predicted molar refractivity (Wildman–Crippen MR) is 76.7 cm³/mol. The molecule has 18 heavy (non-hydrogen) atoms. The van der Waals surface area contributed by atoms with Crippen molar-refractivity contribution >= 4 is 11.8 Å². The molecule has 0 aliphatic heterocycles. The molecule has 1 atom stereocenters. The number of thioether (sulfide) groups is 1. The van der Waals surface area contributed by atoms with E-state index in [-0.39, 0.29) is 6.04 Å². The fraction of sp³-hybridized carbons (Fsp3) is 0.571. The lowest BCUT2D eigenvalue weighted by Crippen LogP contribution is -2.33. The molecular formula is C14H21N3S. The molecule has 0 amide bonds. The molecule has 0 saturated carbocycles. The topological polar surface area (TPSA) is 48.7 Å². The molecule has 0 radical (unpaired) electrons. The third kappa shape index (κ3) is 5.52. The van der Waals surface area contributed by atoms with Crippen molar-refractivity contribution in [3.05, 3.63) is 23.4 Å². The minimum absolute atomic E-state index is 0.0663. The zero-order chi connectivity index (χ0) is 13.5. The maximum Gasteiger partial charge on any atom is 0.0965 e. The normalized spacial score (nSPS) is 12.4. The van der Waals surface area contributed by atoms with Crippen molar-refractivity contribution in [3.8, 4) is 6.07 Å². The van der Waals surface area contributed by atoms with Crippen molar-refractivity contribution in [2.75, 3.05) is 5.75 Å². The molecule has 1 unspecified atom stereocenters. The Kier molecular flexibility index (Phi) is 6.17. The number of aryl methyl sites for hydroxylation is 2. The van der Waals surface area contributed by atoms with Crippen molar-refractivity contribution < 1.29 is 0 Å². The number of hydrogen-bond acceptors (Lipinski definition) is 4. The summed E-state index contributed by atoms with van der Waals surface area (Å²) in [5, 5.41) is 13.3. The van der Waals surface area contributed by atoms with Gasteiger partial charge in [-0.05, 0) is 51.8 Å². The predicted octanol–water partition coefficient (Wildman–Crippen LogP) is 3.07. The van der Waals surface area contributed by atoms with Gasteiger partial charge in [0.15, 0.2) is 0 Å². The fourth-order valence-corrected chi connectivity index (χ4v) is 2.79. The Hall–Kier alpha value is -1.05. The molecule has 0 aromatic carbocycles. The van der Waals surface area contributed by atoms with Crippen molar-refractivity contribution in [2.24, 2.45) is 0 Å².